The predicted octanol–water partition coefficient (Wildman–Crippen LogP) is 6.62. The number of rotatable bonds is 15. The number of amides is 1. The summed E-state index contributed by atoms with van der Waals surface area (Å²) < 4.78 is 26.7. The molecule has 4 unspecified atom stereocenters. The molecule has 7 nitrogen and oxygen atoms in total. The first-order chi connectivity index (χ1) is 27.7. The van der Waals surface area contributed by atoms with E-state index in [1.807, 2.05) is 30.3 Å². The van der Waals surface area contributed by atoms with Crippen LogP contribution in [0.2, 0.25) is 5.04 Å². The van der Waals surface area contributed by atoms with Gasteiger partial charge in [0.2, 0.25) is 14.9 Å². The molecule has 6 rings (SSSR count). The van der Waals surface area contributed by atoms with E-state index in [4.69, 9.17) is 18.3 Å². The van der Waals surface area contributed by atoms with Crippen molar-refractivity contribution in [3.8, 4) is 11.5 Å². The van der Waals surface area contributed by atoms with Gasteiger partial charge in [-0.25, -0.2) is 0 Å². The highest BCUT2D eigenvalue weighted by molar-refractivity contribution is 6.99. The van der Waals surface area contributed by atoms with E-state index >= 15 is 0 Å². The number of carbonyl (C=O) groups excluding carboxylic acids is 1. The number of carbonyl (C=O) groups is 1. The molecule has 2 N–H and O–H groups in total. The highest BCUT2D eigenvalue weighted by atomic mass is 28.4. The number of benzene rings is 5. The molecular weight excluding hydrogens is 755 g/mol. The van der Waals surface area contributed by atoms with Crippen molar-refractivity contribution in [2.24, 2.45) is 17.3 Å². The molecule has 5 aromatic carbocycles. The van der Waals surface area contributed by atoms with Gasteiger partial charge < -0.3 is 28.7 Å². The summed E-state index contributed by atoms with van der Waals surface area (Å²) in [5, 5.41) is 19.9. The fourth-order valence-electron chi connectivity index (χ4n) is 9.51. The summed E-state index contributed by atoms with van der Waals surface area (Å²) in [6.45, 7) is 14.1. The van der Waals surface area contributed by atoms with Crippen molar-refractivity contribution in [1.29, 1.82) is 0 Å². The average molecular weight is 816 g/mol. The fourth-order valence-corrected chi connectivity index (χ4v) is 16.7. The molecule has 1 amide bonds. The smallest absolute Gasteiger partial charge is 0.261 e. The standard InChI is InChI=1S/C49H61NO6Si2/c1-47(2,3)46-42(32-45(52)50-34-36-29-30-37(53-7)31-44(36)54-8)43(51)33-49(46,35-55-57(38-21-13-9-14-22-38)39-23-15-10-16-24-39)56-58(48(4,5)6,40-25-17-11-18-26-40)41-27-19-12-20-28-41/h9-31,42-43,46,51,57H,32-35H2,1-8H3,(H,50,52). The summed E-state index contributed by atoms with van der Waals surface area (Å²) in [6.07, 6.45) is -0.360. The van der Waals surface area contributed by atoms with Gasteiger partial charge in [0, 0.05) is 31.0 Å². The number of nitrogens with one attached hydrogen (secondary N) is 1. The molecule has 0 aromatic heterocycles. The highest BCUT2D eigenvalue weighted by Crippen LogP contribution is 2.55. The van der Waals surface area contributed by atoms with E-state index in [2.05, 4.69) is 156 Å². The van der Waals surface area contributed by atoms with Gasteiger partial charge in [-0.05, 0) is 55.2 Å². The molecule has 9 heteroatoms. The maximum Gasteiger partial charge on any atom is 0.261 e. The number of hydrogen-bond donors (Lipinski definition) is 2. The Bertz CT molecular complexity index is 1990. The molecule has 0 bridgehead atoms. The van der Waals surface area contributed by atoms with Gasteiger partial charge in [-0.3, -0.25) is 4.79 Å². The molecule has 1 fully saturated rings. The molecule has 1 aliphatic rings. The summed E-state index contributed by atoms with van der Waals surface area (Å²) in [6, 6.07) is 47.9. The van der Waals surface area contributed by atoms with Crippen LogP contribution in [0.4, 0.5) is 0 Å². The SMILES string of the molecule is COc1ccc(CNC(=O)CC2C(O)CC(CO[SiH](c3ccccc3)c3ccccc3)(O[Si](c3ccccc3)(c3ccccc3)C(C)(C)C)C2C(C)(C)C)c(OC)c1. The summed E-state index contributed by atoms with van der Waals surface area (Å²) in [5.41, 5.74) is -0.527. The van der Waals surface area contributed by atoms with Crippen LogP contribution in [0.15, 0.2) is 140 Å². The number of aliphatic hydroxyl groups excluding tert-OH is 1. The summed E-state index contributed by atoms with van der Waals surface area (Å²) in [5.74, 6) is 0.503. The van der Waals surface area contributed by atoms with E-state index in [0.717, 1.165) is 15.9 Å². The third-order valence-electron chi connectivity index (χ3n) is 11.8. The Labute approximate surface area is 348 Å². The average Bonchev–Trinajstić information content (AvgIpc) is 3.50. The van der Waals surface area contributed by atoms with Gasteiger partial charge in [-0.2, -0.15) is 0 Å². The molecule has 5 aromatic rings. The number of ether oxygens (including phenoxy) is 2. The second-order valence-electron chi connectivity index (χ2n) is 17.8. The van der Waals surface area contributed by atoms with Gasteiger partial charge in [0.25, 0.3) is 8.32 Å². The zero-order chi connectivity index (χ0) is 41.6. The Balaban J connectivity index is 1.47. The lowest BCUT2D eigenvalue weighted by Crippen LogP contribution is -2.71. The van der Waals surface area contributed by atoms with Crippen molar-refractivity contribution < 1.29 is 28.2 Å². The van der Waals surface area contributed by atoms with Gasteiger partial charge in [0.1, 0.15) is 11.5 Å². The maximum absolute atomic E-state index is 14.1. The summed E-state index contributed by atoms with van der Waals surface area (Å²) in [4.78, 5) is 14.1. The minimum absolute atomic E-state index is 0.131. The zero-order valence-corrected chi connectivity index (χ0v) is 37.6. The molecule has 0 aliphatic heterocycles. The minimum atomic E-state index is -3.22. The molecule has 0 heterocycles. The number of methoxy groups -OCH3 is 2. The fraction of sp³-hybridized carbons (Fsp3) is 0.367. The van der Waals surface area contributed by atoms with Crippen LogP contribution in [-0.4, -0.2) is 60.9 Å². The van der Waals surface area contributed by atoms with E-state index in [-0.39, 0.29) is 36.4 Å². The van der Waals surface area contributed by atoms with Gasteiger partial charge in [0.15, 0.2) is 0 Å². The molecule has 0 spiro atoms. The van der Waals surface area contributed by atoms with Crippen LogP contribution in [0.1, 0.15) is 59.9 Å². The Morgan fingerprint density at radius 1 is 0.759 bits per heavy atom. The first kappa shape index (κ1) is 43.1. The molecule has 1 aliphatic carbocycles. The first-order valence-corrected chi connectivity index (χ1v) is 23.9. The van der Waals surface area contributed by atoms with Crippen molar-refractivity contribution in [3.05, 3.63) is 145 Å². The van der Waals surface area contributed by atoms with Crippen LogP contribution in [0.25, 0.3) is 0 Å². The van der Waals surface area contributed by atoms with Crippen molar-refractivity contribution in [3.63, 3.8) is 0 Å². The third kappa shape index (κ3) is 9.19. The molecule has 4 atom stereocenters. The summed E-state index contributed by atoms with van der Waals surface area (Å²) >= 11 is 0. The van der Waals surface area contributed by atoms with Crippen LogP contribution < -0.4 is 35.5 Å². The van der Waals surface area contributed by atoms with Crippen molar-refractivity contribution in [1.82, 2.24) is 5.32 Å². The van der Waals surface area contributed by atoms with Crippen LogP contribution in [0.5, 0.6) is 11.5 Å². The van der Waals surface area contributed by atoms with Crippen LogP contribution in [0, 0.1) is 17.3 Å². The normalized spacial score (nSPS) is 19.9. The molecule has 0 radical (unpaired) electrons. The van der Waals surface area contributed by atoms with Crippen LogP contribution >= 0.6 is 0 Å². The van der Waals surface area contributed by atoms with E-state index in [1.54, 1.807) is 14.2 Å². The third-order valence-corrected chi connectivity index (χ3v) is 19.4. The Kier molecular flexibility index (Phi) is 13.5. The Morgan fingerprint density at radius 2 is 1.28 bits per heavy atom. The predicted molar refractivity (Wildman–Crippen MR) is 240 cm³/mol. The zero-order valence-electron chi connectivity index (χ0n) is 35.4. The lowest BCUT2D eigenvalue weighted by Gasteiger charge is -2.53. The van der Waals surface area contributed by atoms with Crippen LogP contribution in [0.3, 0.4) is 0 Å². The lowest BCUT2D eigenvalue weighted by atomic mass is 9.68. The van der Waals surface area contributed by atoms with Crippen molar-refractivity contribution in [2.45, 2.75) is 77.7 Å². The topological polar surface area (TPSA) is 86.3 Å². The molecule has 306 valence electrons. The Morgan fingerprint density at radius 3 is 1.74 bits per heavy atom. The minimum Gasteiger partial charge on any atom is -0.497 e. The largest absolute Gasteiger partial charge is 0.497 e. The Hall–Kier alpha value is -4.52. The van der Waals surface area contributed by atoms with Gasteiger partial charge >= 0.3 is 0 Å². The van der Waals surface area contributed by atoms with Gasteiger partial charge in [-0.15, -0.1) is 0 Å². The van der Waals surface area contributed by atoms with E-state index < -0.39 is 40.4 Å². The molecule has 1 saturated carbocycles. The molecular formula is C49H61NO6Si2. The first-order valence-electron chi connectivity index (χ1n) is 20.4. The van der Waals surface area contributed by atoms with E-state index in [9.17, 15) is 9.90 Å². The van der Waals surface area contributed by atoms with Gasteiger partial charge in [-0.1, -0.05) is 163 Å². The highest BCUT2D eigenvalue weighted by Gasteiger charge is 2.64. The van der Waals surface area contributed by atoms with Gasteiger partial charge in [0.05, 0.1) is 32.5 Å². The monoisotopic (exact) mass is 815 g/mol. The summed E-state index contributed by atoms with van der Waals surface area (Å²) in [7, 11) is -2.26. The van der Waals surface area contributed by atoms with Crippen LogP contribution in [-0.2, 0) is 20.2 Å². The second-order valence-corrected chi connectivity index (χ2v) is 24.4. The van der Waals surface area contributed by atoms with E-state index in [0.29, 0.717) is 17.9 Å². The lowest BCUT2D eigenvalue weighted by molar-refractivity contribution is -0.124. The second kappa shape index (κ2) is 18.2. The quantitative estimate of drug-likeness (QED) is 0.116. The number of aliphatic hydroxyl groups is 1. The molecule has 0 saturated heterocycles. The number of hydrogen-bond acceptors (Lipinski definition) is 6. The molecule has 58 heavy (non-hydrogen) atoms. The maximum atomic E-state index is 14.1. The van der Waals surface area contributed by atoms with Crippen molar-refractivity contribution >= 4 is 44.0 Å². The van der Waals surface area contributed by atoms with E-state index in [1.165, 1.54) is 10.4 Å². The van der Waals surface area contributed by atoms with Crippen molar-refractivity contribution in [2.75, 3.05) is 20.8 Å².